The number of ketones is 1. The second-order valence-electron chi connectivity index (χ2n) is 6.72. The second-order valence-corrected chi connectivity index (χ2v) is 6.72. The maximum atomic E-state index is 13.0. The van der Waals surface area contributed by atoms with Crippen LogP contribution in [0.25, 0.3) is 5.76 Å². The largest absolute Gasteiger partial charge is 0.507 e. The van der Waals surface area contributed by atoms with Crippen LogP contribution in [-0.4, -0.2) is 21.7 Å². The Hall–Kier alpha value is -4.26. The van der Waals surface area contributed by atoms with Gasteiger partial charge in [-0.25, -0.2) is 0 Å². The van der Waals surface area contributed by atoms with Gasteiger partial charge in [-0.15, -0.1) is 0 Å². The Labute approximate surface area is 171 Å². The number of nitro benzene ring substituents is 1. The van der Waals surface area contributed by atoms with Crippen LogP contribution in [0.15, 0.2) is 90.5 Å². The number of carbonyl (C=O) groups is 2. The van der Waals surface area contributed by atoms with Gasteiger partial charge in [0.15, 0.2) is 0 Å². The number of anilines is 1. The minimum Gasteiger partial charge on any atom is -0.507 e. The Balaban J connectivity index is 1.91. The SMILES string of the molecule is O=C1C(=O)N(c2ccc([N+](=O)[O-])cc2)[C@H](c2ccccc2)C1=C(O)c1ccccc1. The van der Waals surface area contributed by atoms with E-state index in [0.717, 1.165) is 0 Å². The predicted octanol–water partition coefficient (Wildman–Crippen LogP) is 4.22. The summed E-state index contributed by atoms with van der Waals surface area (Å²) in [6.45, 7) is 0. The minimum atomic E-state index is -0.868. The number of nitrogens with zero attached hydrogens (tertiary/aromatic N) is 2. The number of carbonyl (C=O) groups excluding carboxylic acids is 2. The summed E-state index contributed by atoms with van der Waals surface area (Å²) in [6.07, 6.45) is 0. The Bertz CT molecular complexity index is 1160. The molecular weight excluding hydrogens is 384 g/mol. The molecule has 0 radical (unpaired) electrons. The number of aliphatic hydroxyl groups excluding tert-OH is 1. The van der Waals surface area contributed by atoms with Crippen molar-refractivity contribution in [2.24, 2.45) is 0 Å². The van der Waals surface area contributed by atoms with E-state index in [9.17, 15) is 24.8 Å². The van der Waals surface area contributed by atoms with Crippen molar-refractivity contribution in [3.05, 3.63) is 112 Å². The number of hydrogen-bond acceptors (Lipinski definition) is 5. The third-order valence-electron chi connectivity index (χ3n) is 4.95. The zero-order valence-electron chi connectivity index (χ0n) is 15.6. The first-order chi connectivity index (χ1) is 14.5. The van der Waals surface area contributed by atoms with E-state index in [-0.39, 0.29) is 17.0 Å². The molecule has 1 atom stereocenters. The number of non-ortho nitro benzene ring substituents is 1. The molecule has 1 fully saturated rings. The molecule has 7 nitrogen and oxygen atoms in total. The first-order valence-corrected chi connectivity index (χ1v) is 9.15. The van der Waals surface area contributed by atoms with Crippen LogP contribution in [0.1, 0.15) is 17.2 Å². The van der Waals surface area contributed by atoms with Gasteiger partial charge in [0.2, 0.25) is 0 Å². The number of aliphatic hydroxyl groups is 1. The van der Waals surface area contributed by atoms with Gasteiger partial charge in [0.25, 0.3) is 17.4 Å². The van der Waals surface area contributed by atoms with Crippen molar-refractivity contribution in [2.75, 3.05) is 4.90 Å². The van der Waals surface area contributed by atoms with E-state index < -0.39 is 22.7 Å². The summed E-state index contributed by atoms with van der Waals surface area (Å²) in [5.74, 6) is -1.90. The third-order valence-corrected chi connectivity index (χ3v) is 4.95. The highest BCUT2D eigenvalue weighted by molar-refractivity contribution is 6.51. The summed E-state index contributed by atoms with van der Waals surface area (Å²) < 4.78 is 0. The lowest BCUT2D eigenvalue weighted by Crippen LogP contribution is -2.29. The van der Waals surface area contributed by atoms with Crippen LogP contribution in [0.5, 0.6) is 0 Å². The Morgan fingerprint density at radius 1 is 0.867 bits per heavy atom. The number of hydrogen-bond donors (Lipinski definition) is 1. The van der Waals surface area contributed by atoms with Crippen LogP contribution in [-0.2, 0) is 9.59 Å². The fraction of sp³-hybridized carbons (Fsp3) is 0.0435. The highest BCUT2D eigenvalue weighted by Gasteiger charge is 2.46. The molecule has 1 heterocycles. The monoisotopic (exact) mass is 400 g/mol. The molecule has 3 aromatic carbocycles. The Morgan fingerprint density at radius 3 is 2.00 bits per heavy atom. The highest BCUT2D eigenvalue weighted by Crippen LogP contribution is 2.42. The van der Waals surface area contributed by atoms with Crippen molar-refractivity contribution in [1.82, 2.24) is 0 Å². The van der Waals surface area contributed by atoms with Gasteiger partial charge in [-0.2, -0.15) is 0 Å². The Kier molecular flexibility index (Phi) is 4.85. The molecule has 0 unspecified atom stereocenters. The Morgan fingerprint density at radius 2 is 1.43 bits per heavy atom. The topological polar surface area (TPSA) is 101 Å². The summed E-state index contributed by atoms with van der Waals surface area (Å²) >= 11 is 0. The molecule has 1 saturated heterocycles. The van der Waals surface area contributed by atoms with Gasteiger partial charge in [-0.05, 0) is 17.7 Å². The van der Waals surface area contributed by atoms with E-state index >= 15 is 0 Å². The molecule has 1 aliphatic rings. The third kappa shape index (κ3) is 3.22. The van der Waals surface area contributed by atoms with Gasteiger partial charge in [0, 0.05) is 23.4 Å². The fourth-order valence-corrected chi connectivity index (χ4v) is 3.54. The molecule has 30 heavy (non-hydrogen) atoms. The standard InChI is InChI=1S/C23H16N2O5/c26-21(16-9-5-2-6-10-16)19-20(15-7-3-1-4-8-15)24(23(28)22(19)27)17-11-13-18(14-12-17)25(29)30/h1-14,20,26H/t20-/m1/s1. The summed E-state index contributed by atoms with van der Waals surface area (Å²) in [4.78, 5) is 37.6. The van der Waals surface area contributed by atoms with Gasteiger partial charge in [-0.3, -0.25) is 24.6 Å². The molecule has 0 bridgehead atoms. The van der Waals surface area contributed by atoms with E-state index in [1.807, 2.05) is 0 Å². The average molecular weight is 400 g/mol. The summed E-state index contributed by atoms with van der Waals surface area (Å²) in [6, 6.07) is 21.9. The molecule has 7 heteroatoms. The van der Waals surface area contributed by atoms with Crippen molar-refractivity contribution in [3.8, 4) is 0 Å². The van der Waals surface area contributed by atoms with Crippen LogP contribution >= 0.6 is 0 Å². The van der Waals surface area contributed by atoms with E-state index in [1.54, 1.807) is 60.7 Å². The van der Waals surface area contributed by atoms with E-state index in [2.05, 4.69) is 0 Å². The molecule has 0 aromatic heterocycles. The maximum absolute atomic E-state index is 13.0. The van der Waals surface area contributed by atoms with E-state index in [0.29, 0.717) is 16.8 Å². The summed E-state index contributed by atoms with van der Waals surface area (Å²) in [5, 5.41) is 21.9. The normalized spacial score (nSPS) is 17.9. The van der Waals surface area contributed by atoms with E-state index in [1.165, 1.54) is 29.2 Å². The number of rotatable bonds is 4. The zero-order chi connectivity index (χ0) is 21.3. The summed E-state index contributed by atoms with van der Waals surface area (Å²) in [5.41, 5.74) is 1.21. The maximum Gasteiger partial charge on any atom is 0.300 e. The smallest absolute Gasteiger partial charge is 0.300 e. The fourth-order valence-electron chi connectivity index (χ4n) is 3.54. The molecule has 1 amide bonds. The van der Waals surface area contributed by atoms with Crippen LogP contribution in [0.4, 0.5) is 11.4 Å². The van der Waals surface area contributed by atoms with Crippen LogP contribution in [0.3, 0.4) is 0 Å². The highest BCUT2D eigenvalue weighted by atomic mass is 16.6. The van der Waals surface area contributed by atoms with Crippen LogP contribution in [0, 0.1) is 10.1 Å². The molecule has 0 aliphatic carbocycles. The quantitative estimate of drug-likeness (QED) is 0.232. The molecule has 1 N–H and O–H groups in total. The van der Waals surface area contributed by atoms with Crippen molar-refractivity contribution in [3.63, 3.8) is 0 Å². The van der Waals surface area contributed by atoms with E-state index in [4.69, 9.17) is 0 Å². The lowest BCUT2D eigenvalue weighted by molar-refractivity contribution is -0.384. The first kappa shape index (κ1) is 19.1. The first-order valence-electron chi connectivity index (χ1n) is 9.15. The van der Waals surface area contributed by atoms with Gasteiger partial charge in [0.1, 0.15) is 5.76 Å². The number of benzene rings is 3. The van der Waals surface area contributed by atoms with Crippen molar-refractivity contribution in [1.29, 1.82) is 0 Å². The van der Waals surface area contributed by atoms with Gasteiger partial charge in [-0.1, -0.05) is 60.7 Å². The van der Waals surface area contributed by atoms with Gasteiger partial charge >= 0.3 is 0 Å². The van der Waals surface area contributed by atoms with Gasteiger partial charge in [0.05, 0.1) is 16.5 Å². The van der Waals surface area contributed by atoms with Crippen molar-refractivity contribution >= 4 is 28.8 Å². The van der Waals surface area contributed by atoms with Crippen LogP contribution in [0.2, 0.25) is 0 Å². The lowest BCUT2D eigenvalue weighted by Gasteiger charge is -2.25. The molecule has 3 aromatic rings. The van der Waals surface area contributed by atoms with Crippen molar-refractivity contribution < 1.29 is 19.6 Å². The lowest BCUT2D eigenvalue weighted by atomic mass is 9.95. The second kappa shape index (κ2) is 7.63. The van der Waals surface area contributed by atoms with Crippen molar-refractivity contribution in [2.45, 2.75) is 6.04 Å². The van der Waals surface area contributed by atoms with Gasteiger partial charge < -0.3 is 5.11 Å². The predicted molar refractivity (Wildman–Crippen MR) is 111 cm³/mol. The zero-order valence-corrected chi connectivity index (χ0v) is 15.6. The average Bonchev–Trinajstić information content (AvgIpc) is 3.05. The number of Topliss-reactive ketones (excluding diaryl/α,β-unsaturated/α-hetero) is 1. The number of amides is 1. The molecular formula is C23H16N2O5. The molecule has 0 saturated carbocycles. The molecule has 148 valence electrons. The summed E-state index contributed by atoms with van der Waals surface area (Å²) in [7, 11) is 0. The molecule has 4 rings (SSSR count). The number of nitro groups is 1. The molecule has 1 aliphatic heterocycles. The minimum absolute atomic E-state index is 0.0317. The molecule has 0 spiro atoms. The van der Waals surface area contributed by atoms with Crippen LogP contribution < -0.4 is 4.90 Å².